The Morgan fingerprint density at radius 1 is 1.16 bits per heavy atom. The Labute approximate surface area is 145 Å². The number of esters is 1. The van der Waals surface area contributed by atoms with Crippen molar-refractivity contribution in [2.24, 2.45) is 0 Å². The number of rotatable bonds is 7. The van der Waals surface area contributed by atoms with Crippen molar-refractivity contribution in [3.8, 4) is 11.8 Å². The summed E-state index contributed by atoms with van der Waals surface area (Å²) in [5.74, 6) is -0.178. The molecule has 0 atom stereocenters. The Kier molecular flexibility index (Phi) is 6.11. The molecule has 0 amide bonds. The number of ether oxygens (including phenoxy) is 2. The molecule has 2 aromatic carbocycles. The second-order valence-corrected chi connectivity index (χ2v) is 6.64. The Balaban J connectivity index is 1.96. The number of methoxy groups -OCH3 is 1. The summed E-state index contributed by atoms with van der Waals surface area (Å²) >= 11 is 0. The van der Waals surface area contributed by atoms with Gasteiger partial charge < -0.3 is 9.47 Å². The SMILES string of the molecule is COc1ccccc1COC(=O)CNS(=O)(=O)c1ccccc1C#N. The van der Waals surface area contributed by atoms with Crippen molar-refractivity contribution < 1.29 is 22.7 Å². The molecular formula is C17H16N2O5S. The van der Waals surface area contributed by atoms with E-state index in [0.717, 1.165) is 0 Å². The van der Waals surface area contributed by atoms with Gasteiger partial charge in [-0.3, -0.25) is 4.79 Å². The first-order valence-electron chi connectivity index (χ1n) is 7.24. The van der Waals surface area contributed by atoms with Gasteiger partial charge in [0.05, 0.1) is 17.6 Å². The van der Waals surface area contributed by atoms with Crippen LogP contribution < -0.4 is 9.46 Å². The Morgan fingerprint density at radius 2 is 1.84 bits per heavy atom. The molecule has 0 unspecified atom stereocenters. The Bertz CT molecular complexity index is 903. The van der Waals surface area contributed by atoms with E-state index in [0.29, 0.717) is 11.3 Å². The van der Waals surface area contributed by atoms with Gasteiger partial charge in [0.2, 0.25) is 10.0 Å². The zero-order chi connectivity index (χ0) is 18.3. The molecule has 0 aromatic heterocycles. The molecular weight excluding hydrogens is 344 g/mol. The van der Waals surface area contributed by atoms with Gasteiger partial charge in [-0.1, -0.05) is 30.3 Å². The van der Waals surface area contributed by atoms with E-state index in [-0.39, 0.29) is 17.1 Å². The highest BCUT2D eigenvalue weighted by Crippen LogP contribution is 2.18. The predicted molar refractivity (Wildman–Crippen MR) is 89.1 cm³/mol. The van der Waals surface area contributed by atoms with Crippen molar-refractivity contribution in [2.75, 3.05) is 13.7 Å². The summed E-state index contributed by atoms with van der Waals surface area (Å²) in [4.78, 5) is 11.6. The second kappa shape index (κ2) is 8.28. The number of hydrogen-bond donors (Lipinski definition) is 1. The van der Waals surface area contributed by atoms with Gasteiger partial charge >= 0.3 is 5.97 Å². The third-order valence-electron chi connectivity index (χ3n) is 3.28. The molecule has 2 rings (SSSR count). The largest absolute Gasteiger partial charge is 0.496 e. The number of nitrogens with one attached hydrogen (secondary N) is 1. The molecule has 0 bridgehead atoms. The number of carbonyl (C=O) groups is 1. The zero-order valence-electron chi connectivity index (χ0n) is 13.4. The van der Waals surface area contributed by atoms with E-state index in [4.69, 9.17) is 14.7 Å². The fourth-order valence-electron chi connectivity index (χ4n) is 2.06. The molecule has 0 aliphatic carbocycles. The standard InChI is InChI=1S/C17H16N2O5S/c1-23-15-8-4-2-7-14(15)12-24-17(20)11-19-25(21,22)16-9-5-3-6-13(16)10-18/h2-9,19H,11-12H2,1H3. The van der Waals surface area contributed by atoms with Crippen molar-refractivity contribution in [3.63, 3.8) is 0 Å². The summed E-state index contributed by atoms with van der Waals surface area (Å²) in [6, 6.07) is 14.5. The average Bonchev–Trinajstić information content (AvgIpc) is 2.64. The maximum atomic E-state index is 12.2. The third kappa shape index (κ3) is 4.79. The van der Waals surface area contributed by atoms with E-state index in [1.54, 1.807) is 36.4 Å². The van der Waals surface area contributed by atoms with Crippen molar-refractivity contribution in [1.82, 2.24) is 4.72 Å². The van der Waals surface area contributed by atoms with Crippen molar-refractivity contribution in [2.45, 2.75) is 11.5 Å². The minimum Gasteiger partial charge on any atom is -0.496 e. The van der Waals surface area contributed by atoms with Crippen LogP contribution in [0.3, 0.4) is 0 Å². The molecule has 0 aliphatic heterocycles. The normalized spacial score (nSPS) is 10.7. The van der Waals surface area contributed by atoms with Crippen LogP contribution >= 0.6 is 0 Å². The van der Waals surface area contributed by atoms with E-state index < -0.39 is 22.5 Å². The lowest BCUT2D eigenvalue weighted by Crippen LogP contribution is -2.31. The summed E-state index contributed by atoms with van der Waals surface area (Å²) in [5, 5.41) is 8.97. The maximum absolute atomic E-state index is 12.2. The smallest absolute Gasteiger partial charge is 0.321 e. The Hall–Kier alpha value is -2.89. The van der Waals surface area contributed by atoms with E-state index in [9.17, 15) is 13.2 Å². The van der Waals surface area contributed by atoms with Gasteiger partial charge in [-0.25, -0.2) is 8.42 Å². The van der Waals surface area contributed by atoms with Crippen molar-refractivity contribution >= 4 is 16.0 Å². The highest BCUT2D eigenvalue weighted by Gasteiger charge is 2.19. The van der Waals surface area contributed by atoms with Crippen LogP contribution in [0, 0.1) is 11.3 Å². The first-order chi connectivity index (χ1) is 12.0. The number of nitrogens with zero attached hydrogens (tertiary/aromatic N) is 1. The molecule has 0 saturated heterocycles. The fraction of sp³-hybridized carbons (Fsp3) is 0.176. The summed E-state index contributed by atoms with van der Waals surface area (Å²) in [5.41, 5.74) is 0.661. The first kappa shape index (κ1) is 18.4. The number of hydrogen-bond acceptors (Lipinski definition) is 6. The minimum atomic E-state index is -3.99. The van der Waals surface area contributed by atoms with E-state index in [2.05, 4.69) is 4.72 Å². The van der Waals surface area contributed by atoms with Crippen LogP contribution in [-0.4, -0.2) is 28.0 Å². The summed E-state index contributed by atoms with van der Waals surface area (Å²) < 4.78 is 36.7. The molecule has 2 aromatic rings. The number of benzene rings is 2. The molecule has 0 heterocycles. The third-order valence-corrected chi connectivity index (χ3v) is 4.74. The van der Waals surface area contributed by atoms with Crippen LogP contribution in [0.4, 0.5) is 0 Å². The lowest BCUT2D eigenvalue weighted by molar-refractivity contribution is -0.143. The maximum Gasteiger partial charge on any atom is 0.321 e. The molecule has 0 spiro atoms. The lowest BCUT2D eigenvalue weighted by atomic mass is 10.2. The molecule has 1 N–H and O–H groups in total. The molecule has 0 saturated carbocycles. The Morgan fingerprint density at radius 3 is 2.56 bits per heavy atom. The number of sulfonamides is 1. The molecule has 0 fully saturated rings. The van der Waals surface area contributed by atoms with Gasteiger partial charge in [0, 0.05) is 5.56 Å². The molecule has 130 valence electrons. The highest BCUT2D eigenvalue weighted by atomic mass is 32.2. The van der Waals surface area contributed by atoms with E-state index >= 15 is 0 Å². The molecule has 0 radical (unpaired) electrons. The van der Waals surface area contributed by atoms with Crippen LogP contribution in [0.25, 0.3) is 0 Å². The molecule has 25 heavy (non-hydrogen) atoms. The fourth-order valence-corrected chi connectivity index (χ4v) is 3.18. The van der Waals surface area contributed by atoms with Crippen LogP contribution in [-0.2, 0) is 26.2 Å². The van der Waals surface area contributed by atoms with Gasteiger partial charge in [0.15, 0.2) is 0 Å². The van der Waals surface area contributed by atoms with Gasteiger partial charge in [0.1, 0.15) is 25.0 Å². The number of carbonyl (C=O) groups excluding carboxylic acids is 1. The molecule has 8 heteroatoms. The second-order valence-electron chi connectivity index (χ2n) is 4.91. The van der Waals surface area contributed by atoms with E-state index in [1.807, 2.05) is 0 Å². The quantitative estimate of drug-likeness (QED) is 0.752. The van der Waals surface area contributed by atoms with Crippen molar-refractivity contribution in [1.29, 1.82) is 5.26 Å². The van der Waals surface area contributed by atoms with Gasteiger partial charge in [0.25, 0.3) is 0 Å². The molecule has 7 nitrogen and oxygen atoms in total. The van der Waals surface area contributed by atoms with Gasteiger partial charge in [-0.2, -0.15) is 9.98 Å². The monoisotopic (exact) mass is 360 g/mol. The summed E-state index contributed by atoms with van der Waals surface area (Å²) in [6.07, 6.45) is 0. The summed E-state index contributed by atoms with van der Waals surface area (Å²) in [7, 11) is -2.49. The summed E-state index contributed by atoms with van der Waals surface area (Å²) in [6.45, 7) is -0.587. The minimum absolute atomic E-state index is 0.00242. The lowest BCUT2D eigenvalue weighted by Gasteiger charge is -2.10. The van der Waals surface area contributed by atoms with Crippen LogP contribution in [0.2, 0.25) is 0 Å². The number of nitriles is 1. The zero-order valence-corrected chi connectivity index (χ0v) is 14.2. The van der Waals surface area contributed by atoms with Crippen molar-refractivity contribution in [3.05, 3.63) is 59.7 Å². The van der Waals surface area contributed by atoms with E-state index in [1.165, 1.54) is 25.3 Å². The topological polar surface area (TPSA) is 105 Å². The average molecular weight is 360 g/mol. The highest BCUT2D eigenvalue weighted by molar-refractivity contribution is 7.89. The first-order valence-corrected chi connectivity index (χ1v) is 8.72. The van der Waals surface area contributed by atoms with Gasteiger partial charge in [-0.05, 0) is 18.2 Å². The van der Waals surface area contributed by atoms with Crippen LogP contribution in [0.15, 0.2) is 53.4 Å². The van der Waals surface area contributed by atoms with Crippen LogP contribution in [0.5, 0.6) is 5.75 Å². The van der Waals surface area contributed by atoms with Gasteiger partial charge in [-0.15, -0.1) is 0 Å². The predicted octanol–water partition coefficient (Wildman–Crippen LogP) is 1.59. The van der Waals surface area contributed by atoms with Crippen LogP contribution in [0.1, 0.15) is 11.1 Å². The molecule has 0 aliphatic rings. The number of para-hydroxylation sites is 1.